The quantitative estimate of drug-likeness (QED) is 0.728. The lowest BCUT2D eigenvalue weighted by atomic mass is 10.0. The summed E-state index contributed by atoms with van der Waals surface area (Å²) in [5.74, 6) is -0.816. The lowest BCUT2D eigenvalue weighted by Crippen LogP contribution is -2.30. The summed E-state index contributed by atoms with van der Waals surface area (Å²) in [6.07, 6.45) is 0. The molecule has 3 aromatic rings. The third-order valence-electron chi connectivity index (χ3n) is 4.11. The van der Waals surface area contributed by atoms with E-state index in [1.807, 2.05) is 50.5 Å². The van der Waals surface area contributed by atoms with Crippen LogP contribution in [0.2, 0.25) is 0 Å². The Hall–Kier alpha value is -3.40. The molecular formula is C22H20N2O2. The van der Waals surface area contributed by atoms with Crippen molar-refractivity contribution in [1.82, 2.24) is 5.32 Å². The van der Waals surface area contributed by atoms with Crippen LogP contribution >= 0.6 is 0 Å². The molecule has 0 heterocycles. The average Bonchev–Trinajstić information content (AvgIpc) is 2.68. The van der Waals surface area contributed by atoms with Gasteiger partial charge in [-0.25, -0.2) is 0 Å². The number of rotatable bonds is 4. The van der Waals surface area contributed by atoms with Crippen LogP contribution in [0.1, 0.15) is 20.7 Å². The first-order valence-electron chi connectivity index (χ1n) is 8.34. The number of para-hydroxylation sites is 1. The van der Waals surface area contributed by atoms with Gasteiger partial charge in [-0.1, -0.05) is 48.5 Å². The summed E-state index contributed by atoms with van der Waals surface area (Å²) >= 11 is 0. The molecule has 0 aliphatic rings. The van der Waals surface area contributed by atoms with Crippen molar-refractivity contribution in [3.05, 3.63) is 90.0 Å². The van der Waals surface area contributed by atoms with Gasteiger partial charge in [0, 0.05) is 36.5 Å². The Morgan fingerprint density at radius 2 is 1.23 bits per heavy atom. The number of carbonyl (C=O) groups excluding carboxylic acids is 2. The van der Waals surface area contributed by atoms with Crippen LogP contribution in [0.15, 0.2) is 78.9 Å². The van der Waals surface area contributed by atoms with Gasteiger partial charge in [0.2, 0.25) is 0 Å². The Morgan fingerprint density at radius 3 is 1.85 bits per heavy atom. The zero-order valence-corrected chi connectivity index (χ0v) is 14.8. The molecule has 0 aliphatic heterocycles. The van der Waals surface area contributed by atoms with Gasteiger partial charge in [-0.15, -0.1) is 0 Å². The summed E-state index contributed by atoms with van der Waals surface area (Å²) in [4.78, 5) is 26.5. The van der Waals surface area contributed by atoms with Gasteiger partial charge in [0.1, 0.15) is 0 Å². The van der Waals surface area contributed by atoms with Gasteiger partial charge in [0.25, 0.3) is 11.8 Å². The molecule has 0 aromatic heterocycles. The average molecular weight is 344 g/mol. The number of carbonyl (C=O) groups is 2. The standard InChI is InChI=1S/C22H20N2O2/c1-24(2)20-11-7-6-10-19(20)16-12-14-18(15-13-16)22(26)23-21(25)17-8-4-3-5-9-17/h3-15H,1-2H3,(H,23,25,26). The van der Waals surface area contributed by atoms with Crippen LogP contribution in [0, 0.1) is 0 Å². The Labute approximate surface area is 153 Å². The van der Waals surface area contributed by atoms with Crippen molar-refractivity contribution in [2.75, 3.05) is 19.0 Å². The molecule has 0 unspecified atom stereocenters. The predicted octanol–water partition coefficient (Wildman–Crippen LogP) is 3.99. The molecule has 3 rings (SSSR count). The fraction of sp³-hybridized carbons (Fsp3) is 0.0909. The van der Waals surface area contributed by atoms with Crippen LogP contribution in [0.5, 0.6) is 0 Å². The van der Waals surface area contributed by atoms with Gasteiger partial charge in [-0.05, 0) is 35.9 Å². The summed E-state index contributed by atoms with van der Waals surface area (Å²) in [5.41, 5.74) is 4.10. The maximum Gasteiger partial charge on any atom is 0.258 e. The molecule has 1 N–H and O–H groups in total. The van der Waals surface area contributed by atoms with Crippen LogP contribution in [0.25, 0.3) is 11.1 Å². The monoisotopic (exact) mass is 344 g/mol. The van der Waals surface area contributed by atoms with Crippen LogP contribution in [-0.4, -0.2) is 25.9 Å². The van der Waals surface area contributed by atoms with E-state index >= 15 is 0 Å². The number of hydrogen-bond donors (Lipinski definition) is 1. The van der Waals surface area contributed by atoms with Crippen LogP contribution < -0.4 is 10.2 Å². The predicted molar refractivity (Wildman–Crippen MR) is 104 cm³/mol. The summed E-state index contributed by atoms with van der Waals surface area (Å²) < 4.78 is 0. The molecule has 0 fully saturated rings. The van der Waals surface area contributed by atoms with Gasteiger partial charge in [0.15, 0.2) is 0 Å². The van der Waals surface area contributed by atoms with E-state index in [1.54, 1.807) is 36.4 Å². The molecule has 4 nitrogen and oxygen atoms in total. The summed E-state index contributed by atoms with van der Waals surface area (Å²) in [7, 11) is 3.99. The first-order chi connectivity index (χ1) is 12.6. The highest BCUT2D eigenvalue weighted by atomic mass is 16.2. The van der Waals surface area contributed by atoms with Crippen LogP contribution in [0.3, 0.4) is 0 Å². The number of nitrogens with one attached hydrogen (secondary N) is 1. The number of nitrogens with zero attached hydrogens (tertiary/aromatic N) is 1. The lowest BCUT2D eigenvalue weighted by Gasteiger charge is -2.17. The third-order valence-corrected chi connectivity index (χ3v) is 4.11. The SMILES string of the molecule is CN(C)c1ccccc1-c1ccc(C(=O)NC(=O)c2ccccc2)cc1. The smallest absolute Gasteiger partial charge is 0.258 e. The maximum atomic E-state index is 12.3. The van der Waals surface area contributed by atoms with Crippen LogP contribution in [0.4, 0.5) is 5.69 Å². The maximum absolute atomic E-state index is 12.3. The summed E-state index contributed by atoms with van der Waals surface area (Å²) in [5, 5.41) is 2.42. The van der Waals surface area contributed by atoms with Crippen molar-refractivity contribution in [1.29, 1.82) is 0 Å². The van der Waals surface area contributed by atoms with Crippen molar-refractivity contribution in [2.45, 2.75) is 0 Å². The first-order valence-corrected chi connectivity index (χ1v) is 8.34. The summed E-state index contributed by atoms with van der Waals surface area (Å²) in [6.45, 7) is 0. The van der Waals surface area contributed by atoms with Gasteiger partial charge < -0.3 is 4.90 Å². The molecule has 4 heteroatoms. The van der Waals surface area contributed by atoms with E-state index in [2.05, 4.69) is 16.3 Å². The lowest BCUT2D eigenvalue weighted by molar-refractivity contribution is 0.0849. The number of benzene rings is 3. The van der Waals surface area contributed by atoms with E-state index in [1.165, 1.54) is 0 Å². The largest absolute Gasteiger partial charge is 0.377 e. The fourth-order valence-electron chi connectivity index (χ4n) is 2.75. The first kappa shape index (κ1) is 17.4. The molecule has 0 saturated heterocycles. The minimum atomic E-state index is -0.411. The van der Waals surface area contributed by atoms with E-state index in [0.29, 0.717) is 11.1 Å². The molecule has 0 spiro atoms. The molecule has 26 heavy (non-hydrogen) atoms. The molecule has 0 radical (unpaired) electrons. The number of hydrogen-bond acceptors (Lipinski definition) is 3. The highest BCUT2D eigenvalue weighted by Crippen LogP contribution is 2.29. The van der Waals surface area contributed by atoms with Gasteiger partial charge in [-0.2, -0.15) is 0 Å². The molecule has 3 aromatic carbocycles. The second-order valence-corrected chi connectivity index (χ2v) is 6.14. The van der Waals surface area contributed by atoms with Crippen molar-refractivity contribution in [3.8, 4) is 11.1 Å². The Bertz CT molecular complexity index is 916. The molecular weight excluding hydrogens is 324 g/mol. The van der Waals surface area contributed by atoms with Crippen molar-refractivity contribution >= 4 is 17.5 Å². The van der Waals surface area contributed by atoms with Gasteiger partial charge in [-0.3, -0.25) is 14.9 Å². The van der Waals surface area contributed by atoms with Crippen molar-refractivity contribution in [2.24, 2.45) is 0 Å². The zero-order chi connectivity index (χ0) is 18.5. The normalized spacial score (nSPS) is 10.2. The van der Waals surface area contributed by atoms with E-state index in [0.717, 1.165) is 16.8 Å². The molecule has 0 saturated carbocycles. The Kier molecular flexibility index (Phi) is 5.13. The minimum Gasteiger partial charge on any atom is -0.377 e. The molecule has 0 bridgehead atoms. The Morgan fingerprint density at radius 1 is 0.692 bits per heavy atom. The number of imide groups is 1. The second kappa shape index (κ2) is 7.66. The zero-order valence-electron chi connectivity index (χ0n) is 14.8. The van der Waals surface area contributed by atoms with E-state index < -0.39 is 11.8 Å². The molecule has 0 aliphatic carbocycles. The van der Waals surface area contributed by atoms with Crippen molar-refractivity contribution < 1.29 is 9.59 Å². The molecule has 130 valence electrons. The second-order valence-electron chi connectivity index (χ2n) is 6.14. The summed E-state index contributed by atoms with van der Waals surface area (Å²) in [6, 6.07) is 24.0. The third kappa shape index (κ3) is 3.81. The topological polar surface area (TPSA) is 49.4 Å². The minimum absolute atomic E-state index is 0.405. The highest BCUT2D eigenvalue weighted by molar-refractivity contribution is 6.10. The molecule has 0 atom stereocenters. The van der Waals surface area contributed by atoms with Gasteiger partial charge in [0.05, 0.1) is 0 Å². The Balaban J connectivity index is 1.78. The van der Waals surface area contributed by atoms with E-state index in [-0.39, 0.29) is 0 Å². The van der Waals surface area contributed by atoms with Crippen LogP contribution in [-0.2, 0) is 0 Å². The number of amides is 2. The van der Waals surface area contributed by atoms with E-state index in [4.69, 9.17) is 0 Å². The van der Waals surface area contributed by atoms with Gasteiger partial charge >= 0.3 is 0 Å². The molecule has 2 amide bonds. The highest BCUT2D eigenvalue weighted by Gasteiger charge is 2.13. The van der Waals surface area contributed by atoms with E-state index in [9.17, 15) is 9.59 Å². The number of anilines is 1. The fourth-order valence-corrected chi connectivity index (χ4v) is 2.75. The van der Waals surface area contributed by atoms with Crippen molar-refractivity contribution in [3.63, 3.8) is 0 Å².